The Morgan fingerprint density at radius 1 is 1.11 bits per heavy atom. The van der Waals surface area contributed by atoms with E-state index in [0.717, 1.165) is 17.1 Å². The third-order valence-electron chi connectivity index (χ3n) is 4.75. The number of halogens is 2. The van der Waals surface area contributed by atoms with Crippen molar-refractivity contribution in [3.05, 3.63) is 57.6 Å². The van der Waals surface area contributed by atoms with E-state index in [1.165, 1.54) is 19.1 Å². The maximum absolute atomic E-state index is 12.7. The predicted octanol–water partition coefficient (Wildman–Crippen LogP) is 4.07. The number of nitrogens with zero attached hydrogens (tertiary/aromatic N) is 2. The summed E-state index contributed by atoms with van der Waals surface area (Å²) in [5, 5.41) is 3.12. The van der Waals surface area contributed by atoms with Crippen molar-refractivity contribution in [1.82, 2.24) is 4.90 Å². The van der Waals surface area contributed by atoms with Crippen LogP contribution in [-0.4, -0.2) is 42.3 Å². The molecule has 3 rings (SSSR count). The summed E-state index contributed by atoms with van der Waals surface area (Å²) >= 11 is 11.9. The van der Waals surface area contributed by atoms with Gasteiger partial charge in [-0.3, -0.25) is 19.3 Å². The molecule has 28 heavy (non-hydrogen) atoms. The highest BCUT2D eigenvalue weighted by molar-refractivity contribution is 6.43. The number of imide groups is 1. The number of hydrogen-bond acceptors (Lipinski definition) is 4. The van der Waals surface area contributed by atoms with Crippen LogP contribution in [0.15, 0.2) is 36.4 Å². The molecule has 0 radical (unpaired) electrons. The standard InChI is InChI=1S/C20H19Cl2N3O3/c1-4-24(3)13-7-5-6-12(8-13)23-18(26)11(2)25-19(27)14-9-16(21)17(22)10-15(14)20(25)28/h5-11H,4H2,1-3H3,(H,23,26). The van der Waals surface area contributed by atoms with Crippen molar-refractivity contribution in [2.75, 3.05) is 23.8 Å². The lowest BCUT2D eigenvalue weighted by atomic mass is 10.1. The second-order valence-corrected chi connectivity index (χ2v) is 7.34. The first-order chi connectivity index (χ1) is 13.2. The van der Waals surface area contributed by atoms with E-state index in [0.29, 0.717) is 5.69 Å². The summed E-state index contributed by atoms with van der Waals surface area (Å²) in [5.74, 6) is -1.61. The Bertz CT molecular complexity index is 936. The molecule has 8 heteroatoms. The van der Waals surface area contributed by atoms with Gasteiger partial charge in [0.1, 0.15) is 6.04 Å². The smallest absolute Gasteiger partial charge is 0.262 e. The van der Waals surface area contributed by atoms with Gasteiger partial charge in [-0.25, -0.2) is 0 Å². The zero-order chi connectivity index (χ0) is 20.6. The SMILES string of the molecule is CCN(C)c1cccc(NC(=O)C(C)N2C(=O)c3cc(Cl)c(Cl)cc3C2=O)c1. The zero-order valence-corrected chi connectivity index (χ0v) is 17.1. The number of carbonyl (C=O) groups is 3. The molecular weight excluding hydrogens is 401 g/mol. The normalized spacial score (nSPS) is 14.1. The highest BCUT2D eigenvalue weighted by atomic mass is 35.5. The van der Waals surface area contributed by atoms with Crippen molar-refractivity contribution in [2.24, 2.45) is 0 Å². The minimum absolute atomic E-state index is 0.144. The molecule has 1 atom stereocenters. The van der Waals surface area contributed by atoms with Gasteiger partial charge in [-0.05, 0) is 44.2 Å². The van der Waals surface area contributed by atoms with Crippen molar-refractivity contribution >= 4 is 52.3 Å². The van der Waals surface area contributed by atoms with Crippen LogP contribution in [0.1, 0.15) is 34.6 Å². The molecule has 2 aromatic rings. The molecule has 1 heterocycles. The summed E-state index contributed by atoms with van der Waals surface area (Å²) < 4.78 is 0. The van der Waals surface area contributed by atoms with Crippen LogP contribution >= 0.6 is 23.2 Å². The maximum atomic E-state index is 12.7. The van der Waals surface area contributed by atoms with E-state index in [-0.39, 0.29) is 21.2 Å². The van der Waals surface area contributed by atoms with Crippen LogP contribution in [0.3, 0.4) is 0 Å². The minimum Gasteiger partial charge on any atom is -0.375 e. The average Bonchev–Trinajstić information content (AvgIpc) is 2.91. The first kappa shape index (κ1) is 20.2. The Balaban J connectivity index is 1.81. The van der Waals surface area contributed by atoms with E-state index in [1.807, 2.05) is 37.1 Å². The van der Waals surface area contributed by atoms with Gasteiger partial charge in [-0.1, -0.05) is 29.3 Å². The summed E-state index contributed by atoms with van der Waals surface area (Å²) in [5.41, 5.74) is 1.81. The number of amides is 3. The molecular formula is C20H19Cl2N3O3. The van der Waals surface area contributed by atoms with Crippen LogP contribution in [0.25, 0.3) is 0 Å². The first-order valence-corrected chi connectivity index (χ1v) is 9.49. The summed E-state index contributed by atoms with van der Waals surface area (Å²) in [4.78, 5) is 41.0. The zero-order valence-electron chi connectivity index (χ0n) is 15.6. The largest absolute Gasteiger partial charge is 0.375 e. The summed E-state index contributed by atoms with van der Waals surface area (Å²) in [6.07, 6.45) is 0. The Labute approximate surface area is 173 Å². The molecule has 0 aliphatic carbocycles. The molecule has 1 unspecified atom stereocenters. The fourth-order valence-electron chi connectivity index (χ4n) is 2.97. The summed E-state index contributed by atoms with van der Waals surface area (Å²) in [6.45, 7) is 4.34. The third kappa shape index (κ3) is 3.57. The van der Waals surface area contributed by atoms with Crippen molar-refractivity contribution in [2.45, 2.75) is 19.9 Å². The molecule has 0 bridgehead atoms. The van der Waals surface area contributed by atoms with Gasteiger partial charge >= 0.3 is 0 Å². The molecule has 2 aromatic carbocycles. The molecule has 146 valence electrons. The highest BCUT2D eigenvalue weighted by Gasteiger charge is 2.41. The Hall–Kier alpha value is -2.57. The Morgan fingerprint density at radius 2 is 1.68 bits per heavy atom. The second kappa shape index (κ2) is 7.81. The van der Waals surface area contributed by atoms with Gasteiger partial charge in [0.25, 0.3) is 11.8 Å². The fraction of sp³-hybridized carbons (Fsp3) is 0.250. The van der Waals surface area contributed by atoms with Crippen LogP contribution in [-0.2, 0) is 4.79 Å². The van der Waals surface area contributed by atoms with Gasteiger partial charge in [0.15, 0.2) is 0 Å². The quantitative estimate of drug-likeness (QED) is 0.741. The van der Waals surface area contributed by atoms with E-state index in [1.54, 1.807) is 6.07 Å². The van der Waals surface area contributed by atoms with Gasteiger partial charge in [0, 0.05) is 25.0 Å². The summed E-state index contributed by atoms with van der Waals surface area (Å²) in [6, 6.07) is 9.05. The van der Waals surface area contributed by atoms with E-state index < -0.39 is 23.8 Å². The fourth-order valence-corrected chi connectivity index (χ4v) is 3.30. The number of fused-ring (bicyclic) bond motifs is 1. The lowest BCUT2D eigenvalue weighted by molar-refractivity contribution is -0.119. The summed E-state index contributed by atoms with van der Waals surface area (Å²) in [7, 11) is 1.94. The predicted molar refractivity (Wildman–Crippen MR) is 110 cm³/mol. The average molecular weight is 420 g/mol. The first-order valence-electron chi connectivity index (χ1n) is 8.73. The number of rotatable bonds is 5. The molecule has 0 spiro atoms. The lowest BCUT2D eigenvalue weighted by Crippen LogP contribution is -2.45. The number of nitrogens with one attached hydrogen (secondary N) is 1. The molecule has 1 N–H and O–H groups in total. The number of benzene rings is 2. The van der Waals surface area contributed by atoms with Gasteiger partial charge < -0.3 is 10.2 Å². The van der Waals surface area contributed by atoms with E-state index in [4.69, 9.17) is 23.2 Å². The van der Waals surface area contributed by atoms with Crippen LogP contribution in [0.2, 0.25) is 10.0 Å². The molecule has 0 saturated carbocycles. The molecule has 6 nitrogen and oxygen atoms in total. The van der Waals surface area contributed by atoms with Crippen LogP contribution in [0, 0.1) is 0 Å². The maximum Gasteiger partial charge on any atom is 0.262 e. The molecule has 0 fully saturated rings. The number of anilines is 2. The van der Waals surface area contributed by atoms with Crippen molar-refractivity contribution in [1.29, 1.82) is 0 Å². The monoisotopic (exact) mass is 419 g/mol. The van der Waals surface area contributed by atoms with Crippen molar-refractivity contribution < 1.29 is 14.4 Å². The minimum atomic E-state index is -1.00. The topological polar surface area (TPSA) is 69.7 Å². The van der Waals surface area contributed by atoms with Gasteiger partial charge in [-0.2, -0.15) is 0 Å². The molecule has 0 saturated heterocycles. The molecule has 0 aromatic heterocycles. The Morgan fingerprint density at radius 3 is 2.21 bits per heavy atom. The number of hydrogen-bond donors (Lipinski definition) is 1. The van der Waals surface area contributed by atoms with Gasteiger partial charge in [0.05, 0.1) is 21.2 Å². The number of carbonyl (C=O) groups excluding carboxylic acids is 3. The Kier molecular flexibility index (Phi) is 5.63. The van der Waals surface area contributed by atoms with Crippen LogP contribution in [0.5, 0.6) is 0 Å². The van der Waals surface area contributed by atoms with Gasteiger partial charge in [-0.15, -0.1) is 0 Å². The highest BCUT2D eigenvalue weighted by Crippen LogP contribution is 2.32. The van der Waals surface area contributed by atoms with Gasteiger partial charge in [0.2, 0.25) is 5.91 Å². The van der Waals surface area contributed by atoms with Crippen molar-refractivity contribution in [3.63, 3.8) is 0 Å². The molecule has 3 amide bonds. The molecule has 1 aliphatic heterocycles. The molecule has 1 aliphatic rings. The van der Waals surface area contributed by atoms with Crippen LogP contribution in [0.4, 0.5) is 11.4 Å². The van der Waals surface area contributed by atoms with E-state index in [9.17, 15) is 14.4 Å². The third-order valence-corrected chi connectivity index (χ3v) is 5.48. The van der Waals surface area contributed by atoms with Crippen LogP contribution < -0.4 is 10.2 Å². The van der Waals surface area contributed by atoms with Crippen molar-refractivity contribution in [3.8, 4) is 0 Å². The second-order valence-electron chi connectivity index (χ2n) is 6.52. The lowest BCUT2D eigenvalue weighted by Gasteiger charge is -2.22. The van der Waals surface area contributed by atoms with E-state index >= 15 is 0 Å². The van der Waals surface area contributed by atoms with E-state index in [2.05, 4.69) is 5.32 Å².